The van der Waals surface area contributed by atoms with E-state index in [1.807, 2.05) is 11.8 Å². The fraction of sp³-hybridized carbons (Fsp3) is 0.619. The molecule has 0 spiro atoms. The van der Waals surface area contributed by atoms with Gasteiger partial charge in [-0.15, -0.1) is 0 Å². The van der Waals surface area contributed by atoms with E-state index in [9.17, 15) is 9.59 Å². The molecule has 1 heterocycles. The smallest absolute Gasteiger partial charge is 0.222 e. The lowest BCUT2D eigenvalue weighted by atomic mass is 10.1. The molecule has 0 saturated carbocycles. The van der Waals surface area contributed by atoms with Crippen molar-refractivity contribution in [2.75, 3.05) is 31.1 Å². The van der Waals surface area contributed by atoms with Crippen molar-refractivity contribution >= 4 is 17.4 Å². The second-order valence-electron chi connectivity index (χ2n) is 7.09. The van der Waals surface area contributed by atoms with Crippen molar-refractivity contribution in [3.05, 3.63) is 29.3 Å². The van der Waals surface area contributed by atoms with Gasteiger partial charge in [-0.2, -0.15) is 0 Å². The number of aryl methyl sites for hydroxylation is 2. The summed E-state index contributed by atoms with van der Waals surface area (Å²) in [6.07, 6.45) is 4.70. The molecule has 1 fully saturated rings. The van der Waals surface area contributed by atoms with Crippen LogP contribution in [0.15, 0.2) is 18.2 Å². The van der Waals surface area contributed by atoms with Crippen LogP contribution in [0.25, 0.3) is 0 Å². The number of Topliss-reactive ketones (excluding diaryl/α,β-unsaturated/α-hetero) is 1. The SMILES string of the molecule is CCC(=O)CCCCCC(=O)N1CCN(c2ccc(C)c(C)c2)CC1. The second-order valence-corrected chi connectivity index (χ2v) is 7.09. The Hall–Kier alpha value is -1.84. The number of carbonyl (C=O) groups excluding carboxylic acids is 2. The van der Waals surface area contributed by atoms with E-state index < -0.39 is 0 Å². The largest absolute Gasteiger partial charge is 0.368 e. The molecular formula is C21H32N2O2. The fourth-order valence-electron chi connectivity index (χ4n) is 3.25. The standard InChI is InChI=1S/C21H32N2O2/c1-4-20(24)8-6-5-7-9-21(25)23-14-12-22(13-15-23)19-11-10-17(2)18(3)16-19/h10-11,16H,4-9,12-15H2,1-3H3. The number of hydrogen-bond acceptors (Lipinski definition) is 3. The van der Waals surface area contributed by atoms with E-state index in [-0.39, 0.29) is 5.91 Å². The Bertz CT molecular complexity index is 590. The lowest BCUT2D eigenvalue weighted by Crippen LogP contribution is -2.48. The van der Waals surface area contributed by atoms with Gasteiger partial charge >= 0.3 is 0 Å². The maximum atomic E-state index is 12.3. The molecule has 1 saturated heterocycles. The van der Waals surface area contributed by atoms with Crippen molar-refractivity contribution in [1.29, 1.82) is 0 Å². The van der Waals surface area contributed by atoms with E-state index in [0.717, 1.165) is 45.4 Å². The van der Waals surface area contributed by atoms with E-state index in [2.05, 4.69) is 36.9 Å². The van der Waals surface area contributed by atoms with Gasteiger partial charge in [0.2, 0.25) is 5.91 Å². The molecule has 1 aromatic rings. The van der Waals surface area contributed by atoms with Crippen LogP contribution in [0.2, 0.25) is 0 Å². The van der Waals surface area contributed by atoms with Gasteiger partial charge in [0.1, 0.15) is 5.78 Å². The number of nitrogens with zero attached hydrogens (tertiary/aromatic N) is 2. The Labute approximate surface area is 152 Å². The number of ketones is 1. The first-order chi connectivity index (χ1) is 12.0. The number of anilines is 1. The van der Waals surface area contributed by atoms with Gasteiger partial charge in [-0.1, -0.05) is 19.4 Å². The zero-order chi connectivity index (χ0) is 18.2. The molecule has 1 amide bonds. The van der Waals surface area contributed by atoms with Crippen LogP contribution in [0.4, 0.5) is 5.69 Å². The van der Waals surface area contributed by atoms with Crippen LogP contribution < -0.4 is 4.90 Å². The highest BCUT2D eigenvalue weighted by atomic mass is 16.2. The lowest BCUT2D eigenvalue weighted by molar-refractivity contribution is -0.131. The normalized spacial score (nSPS) is 14.7. The Morgan fingerprint density at radius 3 is 2.24 bits per heavy atom. The minimum atomic E-state index is 0.265. The molecule has 1 aliphatic rings. The Morgan fingerprint density at radius 2 is 1.60 bits per heavy atom. The molecule has 0 N–H and O–H groups in total. The number of rotatable bonds is 8. The third kappa shape index (κ3) is 5.87. The summed E-state index contributed by atoms with van der Waals surface area (Å²) in [6.45, 7) is 9.60. The third-order valence-corrected chi connectivity index (χ3v) is 5.23. The highest BCUT2D eigenvalue weighted by molar-refractivity contribution is 5.78. The Morgan fingerprint density at radius 1 is 0.920 bits per heavy atom. The van der Waals surface area contributed by atoms with E-state index >= 15 is 0 Å². The second kappa shape index (κ2) is 9.59. The minimum absolute atomic E-state index is 0.265. The predicted octanol–water partition coefficient (Wildman–Crippen LogP) is 3.88. The third-order valence-electron chi connectivity index (χ3n) is 5.23. The molecule has 1 aliphatic heterocycles. The van der Waals surface area contributed by atoms with E-state index in [1.165, 1.54) is 16.8 Å². The van der Waals surface area contributed by atoms with E-state index in [0.29, 0.717) is 25.0 Å². The van der Waals surface area contributed by atoms with Crippen LogP contribution >= 0.6 is 0 Å². The fourth-order valence-corrected chi connectivity index (χ4v) is 3.25. The van der Waals surface area contributed by atoms with Crippen LogP contribution in [0.3, 0.4) is 0 Å². The molecule has 4 nitrogen and oxygen atoms in total. The van der Waals surface area contributed by atoms with Crippen LogP contribution in [-0.2, 0) is 9.59 Å². The zero-order valence-electron chi connectivity index (χ0n) is 16.0. The summed E-state index contributed by atoms with van der Waals surface area (Å²) in [7, 11) is 0. The van der Waals surface area contributed by atoms with Gasteiger partial charge in [-0.25, -0.2) is 0 Å². The minimum Gasteiger partial charge on any atom is -0.368 e. The quantitative estimate of drug-likeness (QED) is 0.672. The number of unbranched alkanes of at least 4 members (excludes halogenated alkanes) is 2. The molecule has 0 unspecified atom stereocenters. The number of carbonyl (C=O) groups is 2. The Kier molecular flexibility index (Phi) is 7.48. The molecule has 0 atom stereocenters. The molecule has 25 heavy (non-hydrogen) atoms. The highest BCUT2D eigenvalue weighted by Crippen LogP contribution is 2.20. The van der Waals surface area contributed by atoms with Crippen molar-refractivity contribution in [3.63, 3.8) is 0 Å². The monoisotopic (exact) mass is 344 g/mol. The van der Waals surface area contributed by atoms with Crippen LogP contribution in [-0.4, -0.2) is 42.8 Å². The average Bonchev–Trinajstić information content (AvgIpc) is 2.63. The maximum absolute atomic E-state index is 12.3. The predicted molar refractivity (Wildman–Crippen MR) is 103 cm³/mol. The first kappa shape index (κ1) is 19.5. The maximum Gasteiger partial charge on any atom is 0.222 e. The first-order valence-electron chi connectivity index (χ1n) is 9.63. The van der Waals surface area contributed by atoms with Gasteiger partial charge < -0.3 is 9.80 Å². The summed E-state index contributed by atoms with van der Waals surface area (Å²) in [5, 5.41) is 0. The summed E-state index contributed by atoms with van der Waals surface area (Å²) < 4.78 is 0. The molecule has 0 bridgehead atoms. The van der Waals surface area contributed by atoms with Gasteiger partial charge in [0.05, 0.1) is 0 Å². The van der Waals surface area contributed by atoms with Gasteiger partial charge in [-0.3, -0.25) is 9.59 Å². The molecular weight excluding hydrogens is 312 g/mol. The van der Waals surface area contributed by atoms with Gasteiger partial charge in [0, 0.05) is 51.1 Å². The number of benzene rings is 1. The van der Waals surface area contributed by atoms with Crippen molar-refractivity contribution in [1.82, 2.24) is 4.90 Å². The van der Waals surface area contributed by atoms with Crippen molar-refractivity contribution in [3.8, 4) is 0 Å². The number of hydrogen-bond donors (Lipinski definition) is 0. The molecule has 0 aliphatic carbocycles. The van der Waals surface area contributed by atoms with Gasteiger partial charge in [0.15, 0.2) is 0 Å². The van der Waals surface area contributed by atoms with Crippen LogP contribution in [0.1, 0.15) is 56.6 Å². The molecule has 1 aromatic carbocycles. The van der Waals surface area contributed by atoms with E-state index in [4.69, 9.17) is 0 Å². The van der Waals surface area contributed by atoms with Crippen molar-refractivity contribution in [2.45, 2.75) is 59.3 Å². The molecule has 4 heteroatoms. The molecule has 2 rings (SSSR count). The number of piperazine rings is 1. The molecule has 0 aromatic heterocycles. The lowest BCUT2D eigenvalue weighted by Gasteiger charge is -2.36. The van der Waals surface area contributed by atoms with Crippen LogP contribution in [0.5, 0.6) is 0 Å². The van der Waals surface area contributed by atoms with E-state index in [1.54, 1.807) is 0 Å². The summed E-state index contributed by atoms with van der Waals surface area (Å²) in [6, 6.07) is 6.59. The van der Waals surface area contributed by atoms with Gasteiger partial charge in [-0.05, 0) is 49.9 Å². The molecule has 138 valence electrons. The summed E-state index contributed by atoms with van der Waals surface area (Å²) in [5.74, 6) is 0.593. The average molecular weight is 344 g/mol. The summed E-state index contributed by atoms with van der Waals surface area (Å²) in [5.41, 5.74) is 3.89. The Balaban J connectivity index is 1.69. The first-order valence-corrected chi connectivity index (χ1v) is 9.63. The number of amides is 1. The van der Waals surface area contributed by atoms with Crippen LogP contribution in [0, 0.1) is 13.8 Å². The summed E-state index contributed by atoms with van der Waals surface area (Å²) in [4.78, 5) is 28.0. The zero-order valence-corrected chi connectivity index (χ0v) is 16.0. The van der Waals surface area contributed by atoms with Crippen molar-refractivity contribution < 1.29 is 9.59 Å². The molecule has 0 radical (unpaired) electrons. The topological polar surface area (TPSA) is 40.6 Å². The highest BCUT2D eigenvalue weighted by Gasteiger charge is 2.21. The summed E-state index contributed by atoms with van der Waals surface area (Å²) >= 11 is 0. The van der Waals surface area contributed by atoms with Crippen molar-refractivity contribution in [2.24, 2.45) is 0 Å². The van der Waals surface area contributed by atoms with Gasteiger partial charge in [0.25, 0.3) is 0 Å².